The molecule has 1 aliphatic rings. The molecule has 1 atom stereocenters. The average Bonchev–Trinajstić information content (AvgIpc) is 2.82. The number of likely N-dealkylation sites (N-methyl/N-ethyl adjacent to an activating group) is 1. The fourth-order valence-electron chi connectivity index (χ4n) is 1.95. The van der Waals surface area contributed by atoms with Crippen molar-refractivity contribution in [2.75, 3.05) is 13.1 Å². The highest BCUT2D eigenvalue weighted by Crippen LogP contribution is 2.31. The highest BCUT2D eigenvalue weighted by Gasteiger charge is 2.29. The van der Waals surface area contributed by atoms with Crippen LogP contribution in [-0.2, 0) is 5.41 Å². The van der Waals surface area contributed by atoms with Gasteiger partial charge in [0.1, 0.15) is 0 Å². The van der Waals surface area contributed by atoms with Crippen molar-refractivity contribution in [2.45, 2.75) is 39.2 Å². The summed E-state index contributed by atoms with van der Waals surface area (Å²) >= 11 is 1.73. The Morgan fingerprint density at radius 1 is 1.53 bits per heavy atom. The number of guanidine groups is 1. The van der Waals surface area contributed by atoms with Gasteiger partial charge in [0.15, 0.2) is 5.96 Å². The number of nitrogens with two attached hydrogens (primary N) is 1. The van der Waals surface area contributed by atoms with E-state index in [1.54, 1.807) is 11.3 Å². The highest BCUT2D eigenvalue weighted by atomic mass is 32.1. The van der Waals surface area contributed by atoms with Gasteiger partial charge in [-0.3, -0.25) is 4.99 Å². The maximum Gasteiger partial charge on any atom is 0.191 e. The molecular formula is C12H20N4S. The van der Waals surface area contributed by atoms with E-state index < -0.39 is 0 Å². The molecule has 1 unspecified atom stereocenters. The van der Waals surface area contributed by atoms with E-state index in [2.05, 4.69) is 43.0 Å². The molecule has 94 valence electrons. The number of rotatable bonds is 2. The van der Waals surface area contributed by atoms with Crippen molar-refractivity contribution < 1.29 is 0 Å². The van der Waals surface area contributed by atoms with Gasteiger partial charge in [-0.2, -0.15) is 0 Å². The second kappa shape index (κ2) is 4.29. The van der Waals surface area contributed by atoms with E-state index in [0.717, 1.165) is 18.8 Å². The molecule has 0 radical (unpaired) electrons. The Morgan fingerprint density at radius 3 is 2.76 bits per heavy atom. The summed E-state index contributed by atoms with van der Waals surface area (Å²) in [6, 6.07) is 0.229. The van der Waals surface area contributed by atoms with Crippen LogP contribution >= 0.6 is 11.3 Å². The van der Waals surface area contributed by atoms with E-state index in [0.29, 0.717) is 5.96 Å². The standard InChI is InChI=1S/C12H20N4S/c1-5-16-9(6-14-11(16)13)8-7-17-10(15-8)12(2,3)4/h7,9H,5-6H2,1-4H3,(H2,13,14). The van der Waals surface area contributed by atoms with Gasteiger partial charge in [-0.15, -0.1) is 11.3 Å². The lowest BCUT2D eigenvalue weighted by molar-refractivity contribution is 0.357. The monoisotopic (exact) mass is 252 g/mol. The Labute approximate surface area is 107 Å². The van der Waals surface area contributed by atoms with Gasteiger partial charge in [-0.25, -0.2) is 4.98 Å². The molecule has 1 aliphatic heterocycles. The minimum absolute atomic E-state index is 0.116. The van der Waals surface area contributed by atoms with E-state index in [1.807, 2.05) is 0 Å². The summed E-state index contributed by atoms with van der Waals surface area (Å²) in [6.45, 7) is 10.3. The largest absolute Gasteiger partial charge is 0.370 e. The molecular weight excluding hydrogens is 232 g/mol. The number of hydrogen-bond donors (Lipinski definition) is 1. The van der Waals surface area contributed by atoms with E-state index in [-0.39, 0.29) is 11.5 Å². The topological polar surface area (TPSA) is 54.5 Å². The molecule has 5 heteroatoms. The van der Waals surface area contributed by atoms with Gasteiger partial charge in [0.05, 0.1) is 23.3 Å². The van der Waals surface area contributed by atoms with Crippen LogP contribution in [0.25, 0.3) is 0 Å². The van der Waals surface area contributed by atoms with Crippen molar-refractivity contribution in [3.05, 3.63) is 16.1 Å². The molecule has 2 rings (SSSR count). The van der Waals surface area contributed by atoms with Gasteiger partial charge in [0.25, 0.3) is 0 Å². The molecule has 0 amide bonds. The summed E-state index contributed by atoms with van der Waals surface area (Å²) in [5.74, 6) is 0.641. The molecule has 1 aromatic rings. The van der Waals surface area contributed by atoms with E-state index in [9.17, 15) is 0 Å². The molecule has 1 aromatic heterocycles. The number of aromatic nitrogens is 1. The van der Waals surface area contributed by atoms with Gasteiger partial charge in [0.2, 0.25) is 0 Å². The summed E-state index contributed by atoms with van der Waals surface area (Å²) in [6.07, 6.45) is 0. The van der Waals surface area contributed by atoms with Gasteiger partial charge in [0, 0.05) is 17.3 Å². The summed E-state index contributed by atoms with van der Waals surface area (Å²) in [7, 11) is 0. The van der Waals surface area contributed by atoms with E-state index in [1.165, 1.54) is 5.01 Å². The molecule has 2 N–H and O–H groups in total. The van der Waals surface area contributed by atoms with E-state index in [4.69, 9.17) is 10.7 Å². The number of thiazole rings is 1. The van der Waals surface area contributed by atoms with Crippen molar-refractivity contribution in [3.63, 3.8) is 0 Å². The first-order valence-electron chi connectivity index (χ1n) is 5.96. The Bertz CT molecular complexity index is 430. The molecule has 0 fully saturated rings. The molecule has 17 heavy (non-hydrogen) atoms. The fourth-order valence-corrected chi connectivity index (χ4v) is 2.90. The van der Waals surface area contributed by atoms with Crippen molar-refractivity contribution in [2.24, 2.45) is 10.7 Å². The van der Waals surface area contributed by atoms with Crippen LogP contribution in [0, 0.1) is 0 Å². The van der Waals surface area contributed by atoms with Crippen molar-refractivity contribution in [1.29, 1.82) is 0 Å². The normalized spacial score (nSPS) is 20.8. The maximum atomic E-state index is 5.86. The molecule has 4 nitrogen and oxygen atoms in total. The van der Waals surface area contributed by atoms with Gasteiger partial charge < -0.3 is 10.6 Å². The predicted octanol–water partition coefficient (Wildman–Crippen LogP) is 2.13. The first-order valence-corrected chi connectivity index (χ1v) is 6.84. The summed E-state index contributed by atoms with van der Waals surface area (Å²) < 4.78 is 0. The number of nitrogens with zero attached hydrogens (tertiary/aromatic N) is 3. The van der Waals surface area contributed by atoms with Gasteiger partial charge in [-0.1, -0.05) is 20.8 Å². The molecule has 0 aromatic carbocycles. The van der Waals surface area contributed by atoms with Crippen LogP contribution in [0.2, 0.25) is 0 Å². The van der Waals surface area contributed by atoms with Crippen LogP contribution in [0.5, 0.6) is 0 Å². The van der Waals surface area contributed by atoms with Crippen LogP contribution in [0.3, 0.4) is 0 Å². The fraction of sp³-hybridized carbons (Fsp3) is 0.667. The second-order valence-corrected chi connectivity index (χ2v) is 6.19. The molecule has 0 spiro atoms. The predicted molar refractivity (Wildman–Crippen MR) is 72.4 cm³/mol. The minimum atomic E-state index is 0.116. The zero-order valence-electron chi connectivity index (χ0n) is 10.9. The van der Waals surface area contributed by atoms with Crippen LogP contribution in [-0.4, -0.2) is 28.9 Å². The Morgan fingerprint density at radius 2 is 2.24 bits per heavy atom. The zero-order valence-corrected chi connectivity index (χ0v) is 11.7. The minimum Gasteiger partial charge on any atom is -0.370 e. The Balaban J connectivity index is 2.22. The van der Waals surface area contributed by atoms with Crippen LogP contribution in [0.15, 0.2) is 10.4 Å². The SMILES string of the molecule is CCN1C(N)=NCC1c1csc(C(C)(C)C)n1. The lowest BCUT2D eigenvalue weighted by Crippen LogP contribution is -2.35. The third-order valence-electron chi connectivity index (χ3n) is 2.94. The second-order valence-electron chi connectivity index (χ2n) is 5.33. The zero-order chi connectivity index (χ0) is 12.6. The quantitative estimate of drug-likeness (QED) is 0.877. The maximum absolute atomic E-state index is 5.86. The van der Waals surface area contributed by atoms with Crippen molar-refractivity contribution in [3.8, 4) is 0 Å². The average molecular weight is 252 g/mol. The summed E-state index contributed by atoms with van der Waals surface area (Å²) in [5, 5.41) is 3.32. The highest BCUT2D eigenvalue weighted by molar-refractivity contribution is 7.09. The third-order valence-corrected chi connectivity index (χ3v) is 4.23. The lowest BCUT2D eigenvalue weighted by Gasteiger charge is -2.23. The van der Waals surface area contributed by atoms with Crippen LogP contribution < -0.4 is 5.73 Å². The first kappa shape index (κ1) is 12.4. The lowest BCUT2D eigenvalue weighted by atomic mass is 9.98. The molecule has 0 aliphatic carbocycles. The number of hydrogen-bond acceptors (Lipinski definition) is 5. The van der Waals surface area contributed by atoms with Crippen LogP contribution in [0.4, 0.5) is 0 Å². The van der Waals surface area contributed by atoms with Crippen molar-refractivity contribution in [1.82, 2.24) is 9.88 Å². The summed E-state index contributed by atoms with van der Waals surface area (Å²) in [5.41, 5.74) is 7.08. The Kier molecular flexibility index (Phi) is 3.12. The van der Waals surface area contributed by atoms with Gasteiger partial charge >= 0.3 is 0 Å². The molecule has 2 heterocycles. The third kappa shape index (κ3) is 2.29. The Hall–Kier alpha value is -1.10. The number of aliphatic imine (C=N–C) groups is 1. The molecule has 0 saturated heterocycles. The summed E-state index contributed by atoms with van der Waals surface area (Å²) in [4.78, 5) is 11.2. The van der Waals surface area contributed by atoms with Crippen molar-refractivity contribution >= 4 is 17.3 Å². The van der Waals surface area contributed by atoms with Crippen LogP contribution in [0.1, 0.15) is 44.4 Å². The molecule has 0 bridgehead atoms. The van der Waals surface area contributed by atoms with Gasteiger partial charge in [-0.05, 0) is 6.92 Å². The smallest absolute Gasteiger partial charge is 0.191 e. The molecule has 0 saturated carbocycles. The van der Waals surface area contributed by atoms with E-state index >= 15 is 0 Å². The first-order chi connectivity index (χ1) is 7.93.